The number of hydrogen-bond acceptors (Lipinski definition) is 7. The number of H-pyrrole nitrogens is 1. The van der Waals surface area contributed by atoms with E-state index < -0.39 is 0 Å². The number of benzene rings is 2. The van der Waals surface area contributed by atoms with Crippen molar-refractivity contribution in [3.8, 4) is 28.1 Å². The van der Waals surface area contributed by atoms with Crippen molar-refractivity contribution in [1.82, 2.24) is 25.1 Å². The Hall–Kier alpha value is -4.01. The second kappa shape index (κ2) is 9.32. The molecule has 0 amide bonds. The lowest BCUT2D eigenvalue weighted by Gasteiger charge is -2.21. The number of halogens is 1. The number of aromatic nitrogens is 5. The first-order valence-electron chi connectivity index (χ1n) is 13.0. The third kappa shape index (κ3) is 3.94. The molecule has 0 unspecified atom stereocenters. The molecule has 0 radical (unpaired) electrons. The fourth-order valence-corrected chi connectivity index (χ4v) is 5.90. The van der Waals surface area contributed by atoms with E-state index in [1.807, 2.05) is 50.4 Å². The lowest BCUT2D eigenvalue weighted by molar-refractivity contribution is 0.0837. The van der Waals surface area contributed by atoms with Gasteiger partial charge >= 0.3 is 0 Å². The van der Waals surface area contributed by atoms with Crippen LogP contribution in [0.3, 0.4) is 0 Å². The number of nitrogens with one attached hydrogen (secondary N) is 1. The highest BCUT2D eigenvalue weighted by Crippen LogP contribution is 2.43. The number of ether oxygens (including phenoxy) is 2. The summed E-state index contributed by atoms with van der Waals surface area (Å²) < 4.78 is 17.0. The van der Waals surface area contributed by atoms with Crippen LogP contribution in [0.2, 0.25) is 5.02 Å². The average molecular weight is 540 g/mol. The molecule has 6 aromatic rings. The van der Waals surface area contributed by atoms with Gasteiger partial charge in [0, 0.05) is 57.8 Å². The molecule has 1 saturated heterocycles. The third-order valence-electron chi connectivity index (χ3n) is 7.64. The Labute approximate surface area is 229 Å². The molecule has 0 bridgehead atoms. The van der Waals surface area contributed by atoms with E-state index in [0.29, 0.717) is 18.2 Å². The zero-order chi connectivity index (χ0) is 26.7. The summed E-state index contributed by atoms with van der Waals surface area (Å²) in [5, 5.41) is 7.64. The molecule has 5 heterocycles. The summed E-state index contributed by atoms with van der Waals surface area (Å²) in [6, 6.07) is 11.9. The Morgan fingerprint density at radius 1 is 1.00 bits per heavy atom. The summed E-state index contributed by atoms with van der Waals surface area (Å²) in [4.78, 5) is 18.5. The molecule has 1 aliphatic heterocycles. The molecule has 39 heavy (non-hydrogen) atoms. The molecule has 8 nitrogen and oxygen atoms in total. The first kappa shape index (κ1) is 24.1. The number of rotatable bonds is 4. The zero-order valence-corrected chi connectivity index (χ0v) is 22.6. The molecule has 196 valence electrons. The van der Waals surface area contributed by atoms with Gasteiger partial charge in [0.1, 0.15) is 23.0 Å². The number of aryl methyl sites for hydroxylation is 2. The van der Waals surface area contributed by atoms with E-state index in [9.17, 15) is 0 Å². The van der Waals surface area contributed by atoms with E-state index >= 15 is 0 Å². The van der Waals surface area contributed by atoms with Gasteiger partial charge in [0.25, 0.3) is 0 Å². The van der Waals surface area contributed by atoms with Crippen molar-refractivity contribution in [3.63, 3.8) is 0 Å². The van der Waals surface area contributed by atoms with Crippen molar-refractivity contribution >= 4 is 44.4 Å². The van der Waals surface area contributed by atoms with Crippen molar-refractivity contribution < 1.29 is 14.0 Å². The monoisotopic (exact) mass is 539 g/mol. The molecule has 7 rings (SSSR count). The van der Waals surface area contributed by atoms with Gasteiger partial charge in [-0.25, -0.2) is 9.97 Å². The second-order valence-electron chi connectivity index (χ2n) is 9.98. The Bertz CT molecular complexity index is 1870. The van der Waals surface area contributed by atoms with Crippen LogP contribution in [0.4, 0.5) is 0 Å². The highest BCUT2D eigenvalue weighted by Gasteiger charge is 2.25. The van der Waals surface area contributed by atoms with E-state index in [4.69, 9.17) is 35.6 Å². The molecule has 9 heteroatoms. The number of methoxy groups -OCH3 is 1. The van der Waals surface area contributed by atoms with Crippen LogP contribution < -0.4 is 4.74 Å². The van der Waals surface area contributed by atoms with Crippen LogP contribution in [0.5, 0.6) is 5.75 Å². The number of pyridine rings is 1. The molecule has 0 aliphatic carbocycles. The smallest absolute Gasteiger partial charge is 0.142 e. The van der Waals surface area contributed by atoms with Crippen LogP contribution >= 0.6 is 11.6 Å². The number of hydrogen-bond donors (Lipinski definition) is 1. The molecule has 1 aliphatic rings. The lowest BCUT2D eigenvalue weighted by Crippen LogP contribution is -2.16. The van der Waals surface area contributed by atoms with E-state index in [0.717, 1.165) is 91.1 Å². The maximum atomic E-state index is 6.44. The molecular weight excluding hydrogens is 514 g/mol. The molecule has 0 spiro atoms. The number of nitrogens with zero attached hydrogens (tertiary/aromatic N) is 4. The minimum absolute atomic E-state index is 0.220. The Kier molecular flexibility index (Phi) is 5.75. The van der Waals surface area contributed by atoms with Crippen molar-refractivity contribution in [2.24, 2.45) is 0 Å². The van der Waals surface area contributed by atoms with E-state index in [2.05, 4.69) is 21.2 Å². The molecule has 0 saturated carbocycles. The minimum Gasteiger partial charge on any atom is -0.496 e. The van der Waals surface area contributed by atoms with Crippen LogP contribution in [0.15, 0.2) is 47.1 Å². The van der Waals surface area contributed by atoms with Gasteiger partial charge in [-0.05, 0) is 63.1 Å². The Morgan fingerprint density at radius 2 is 1.85 bits per heavy atom. The maximum absolute atomic E-state index is 6.44. The fraction of sp³-hybridized carbons (Fsp3) is 0.267. The van der Waals surface area contributed by atoms with E-state index in [1.54, 1.807) is 7.11 Å². The molecule has 1 fully saturated rings. The van der Waals surface area contributed by atoms with Crippen molar-refractivity contribution in [3.05, 3.63) is 64.9 Å². The summed E-state index contributed by atoms with van der Waals surface area (Å²) in [7, 11) is 1.68. The third-order valence-corrected chi connectivity index (χ3v) is 7.87. The average Bonchev–Trinajstić information content (AvgIpc) is 3.49. The summed E-state index contributed by atoms with van der Waals surface area (Å²) in [6.07, 6.45) is 3.59. The SMILES string of the molecule is COc1cc2c(cc1-c1c(C)noc1C)[nH]c1nc(C3CCOCC3)nc(-c3ccnc4ccc(Cl)cc34)c12. The quantitative estimate of drug-likeness (QED) is 0.254. The van der Waals surface area contributed by atoms with Crippen LogP contribution in [-0.4, -0.2) is 45.4 Å². The summed E-state index contributed by atoms with van der Waals surface area (Å²) in [6.45, 7) is 5.26. The van der Waals surface area contributed by atoms with Crippen molar-refractivity contribution in [2.75, 3.05) is 20.3 Å². The predicted octanol–water partition coefficient (Wildman–Crippen LogP) is 7.15. The normalized spacial score (nSPS) is 14.6. The Balaban J connectivity index is 1.56. The topological polar surface area (TPSA) is 99.0 Å². The van der Waals surface area contributed by atoms with Crippen LogP contribution in [0.25, 0.3) is 55.2 Å². The first-order valence-corrected chi connectivity index (χ1v) is 13.4. The van der Waals surface area contributed by atoms with Gasteiger partial charge in [-0.1, -0.05) is 16.8 Å². The highest BCUT2D eigenvalue weighted by atomic mass is 35.5. The molecule has 0 atom stereocenters. The van der Waals surface area contributed by atoms with Gasteiger partial charge in [-0.15, -0.1) is 0 Å². The lowest BCUT2D eigenvalue weighted by atomic mass is 9.97. The van der Waals surface area contributed by atoms with Gasteiger partial charge in [-0.3, -0.25) is 4.98 Å². The second-order valence-corrected chi connectivity index (χ2v) is 10.4. The summed E-state index contributed by atoms with van der Waals surface area (Å²) in [5.41, 5.74) is 7.01. The van der Waals surface area contributed by atoms with E-state index in [-0.39, 0.29) is 5.92 Å². The standard InChI is InChI=1S/C30H26ClN5O3/c1-15-26(16(2)39-36-15)22-13-24-21(14-25(22)37-3)27-28(19-6-9-32-23-5-4-18(31)12-20(19)23)34-29(35-30(27)33-24)17-7-10-38-11-8-17/h4-6,9,12-14,17H,7-8,10-11H2,1-3H3,(H,33,34,35). The first-order chi connectivity index (χ1) is 19.0. The van der Waals surface area contributed by atoms with E-state index in [1.165, 1.54) is 0 Å². The highest BCUT2D eigenvalue weighted by molar-refractivity contribution is 6.31. The van der Waals surface area contributed by atoms with Gasteiger partial charge in [0.15, 0.2) is 0 Å². The van der Waals surface area contributed by atoms with Gasteiger partial charge in [0.2, 0.25) is 0 Å². The van der Waals surface area contributed by atoms with Crippen molar-refractivity contribution in [2.45, 2.75) is 32.6 Å². The molecule has 1 N–H and O–H groups in total. The largest absolute Gasteiger partial charge is 0.496 e. The Morgan fingerprint density at radius 3 is 2.62 bits per heavy atom. The number of aromatic amines is 1. The van der Waals surface area contributed by atoms with Gasteiger partial charge in [-0.2, -0.15) is 0 Å². The summed E-state index contributed by atoms with van der Waals surface area (Å²) >= 11 is 6.44. The summed E-state index contributed by atoms with van der Waals surface area (Å²) in [5.74, 6) is 2.50. The molecular formula is C30H26ClN5O3. The van der Waals surface area contributed by atoms with Gasteiger partial charge < -0.3 is 19.0 Å². The maximum Gasteiger partial charge on any atom is 0.142 e. The predicted molar refractivity (Wildman–Crippen MR) is 151 cm³/mol. The molecule has 2 aromatic carbocycles. The van der Waals surface area contributed by atoms with Crippen LogP contribution in [0, 0.1) is 13.8 Å². The fourth-order valence-electron chi connectivity index (χ4n) is 5.73. The van der Waals surface area contributed by atoms with Crippen LogP contribution in [0.1, 0.15) is 36.0 Å². The number of fused-ring (bicyclic) bond motifs is 4. The zero-order valence-electron chi connectivity index (χ0n) is 21.8. The minimum atomic E-state index is 0.220. The van der Waals surface area contributed by atoms with Gasteiger partial charge in [0.05, 0.1) is 35.0 Å². The van der Waals surface area contributed by atoms with Crippen LogP contribution in [-0.2, 0) is 4.74 Å². The molecule has 4 aromatic heterocycles. The van der Waals surface area contributed by atoms with Crippen molar-refractivity contribution in [1.29, 1.82) is 0 Å².